The van der Waals surface area contributed by atoms with Crippen molar-refractivity contribution in [1.82, 2.24) is 0 Å². The molecule has 0 heterocycles. The van der Waals surface area contributed by atoms with Gasteiger partial charge in [-0.25, -0.2) is 0 Å². The summed E-state index contributed by atoms with van der Waals surface area (Å²) in [6.45, 7) is 4.06. The summed E-state index contributed by atoms with van der Waals surface area (Å²) in [6.07, 6.45) is -3.09. The van der Waals surface area contributed by atoms with Crippen LogP contribution >= 0.6 is 0 Å². The van der Waals surface area contributed by atoms with E-state index in [0.29, 0.717) is 30.4 Å². The Morgan fingerprint density at radius 1 is 1.31 bits per heavy atom. The second kappa shape index (κ2) is 7.39. The molecule has 0 saturated carbocycles. The molecule has 8 heteroatoms. The maximum Gasteiger partial charge on any atom is 0.482 e. The molecule has 5 nitrogen and oxygen atoms in total. The van der Waals surface area contributed by atoms with E-state index >= 15 is 0 Å². The van der Waals surface area contributed by atoms with E-state index in [9.17, 15) is 22.8 Å². The van der Waals surface area contributed by atoms with E-state index in [1.54, 1.807) is 6.07 Å². The van der Waals surface area contributed by atoms with Crippen LogP contribution in [0.4, 0.5) is 18.9 Å². The van der Waals surface area contributed by atoms with Crippen molar-refractivity contribution in [3.05, 3.63) is 35.9 Å². The Balaban J connectivity index is 2.30. The van der Waals surface area contributed by atoms with Crippen LogP contribution in [0.15, 0.2) is 24.8 Å². The Bertz CT molecular complexity index is 731. The van der Waals surface area contributed by atoms with Crippen LogP contribution in [-0.2, 0) is 20.7 Å². The third-order valence-electron chi connectivity index (χ3n) is 4.78. The van der Waals surface area contributed by atoms with Gasteiger partial charge in [-0.15, -0.1) is 0 Å². The number of fused-ring (bicyclic) bond motifs is 1. The van der Waals surface area contributed by atoms with Crippen molar-refractivity contribution in [1.29, 1.82) is 0 Å². The minimum Gasteiger partial charge on any atom is -0.469 e. The Morgan fingerprint density at radius 3 is 2.54 bits per heavy atom. The first-order valence-electron chi connectivity index (χ1n) is 8.09. The Kier molecular flexibility index (Phi) is 5.63. The van der Waals surface area contributed by atoms with Gasteiger partial charge in [0.2, 0.25) is 5.91 Å². The number of methoxy groups -OCH3 is 1. The van der Waals surface area contributed by atoms with E-state index in [1.807, 2.05) is 0 Å². The van der Waals surface area contributed by atoms with Gasteiger partial charge in [-0.3, -0.25) is 14.9 Å². The van der Waals surface area contributed by atoms with Crippen LogP contribution in [0.3, 0.4) is 0 Å². The van der Waals surface area contributed by atoms with Crippen molar-refractivity contribution in [3.63, 3.8) is 0 Å². The molecule has 0 aliphatic heterocycles. The van der Waals surface area contributed by atoms with Crippen molar-refractivity contribution in [2.24, 2.45) is 11.1 Å². The second-order valence-corrected chi connectivity index (χ2v) is 6.47. The fourth-order valence-corrected chi connectivity index (χ4v) is 3.42. The minimum atomic E-state index is -4.54. The van der Waals surface area contributed by atoms with Gasteiger partial charge in [-0.05, 0) is 48.1 Å². The monoisotopic (exact) mass is 370 g/mol. The molecule has 26 heavy (non-hydrogen) atoms. The molecule has 1 atom stereocenters. The van der Waals surface area contributed by atoms with Gasteiger partial charge in [-0.2, -0.15) is 13.2 Å². The molecule has 0 saturated heterocycles. The molecule has 0 bridgehead atoms. The molecule has 1 unspecified atom stereocenters. The number of primary amides is 1. The predicted octanol–water partition coefficient (Wildman–Crippen LogP) is 3.39. The van der Waals surface area contributed by atoms with E-state index in [0.717, 1.165) is 5.56 Å². The van der Waals surface area contributed by atoms with Gasteiger partial charge in [0.05, 0.1) is 7.11 Å². The van der Waals surface area contributed by atoms with Crippen LogP contribution < -0.4 is 11.1 Å². The van der Waals surface area contributed by atoms with Gasteiger partial charge >= 0.3 is 12.3 Å². The highest BCUT2D eigenvalue weighted by Gasteiger charge is 2.41. The third kappa shape index (κ3) is 4.56. The number of halogens is 3. The summed E-state index contributed by atoms with van der Waals surface area (Å²) in [7, 11) is 1.28. The number of esters is 1. The summed E-state index contributed by atoms with van der Waals surface area (Å²) in [5, 5.41) is 1.48. The molecule has 3 N–H and O–H groups in total. The molecule has 2 rings (SSSR count). The number of rotatable bonds is 7. The second-order valence-electron chi connectivity index (χ2n) is 6.47. The predicted molar refractivity (Wildman–Crippen MR) is 91.0 cm³/mol. The van der Waals surface area contributed by atoms with Crippen molar-refractivity contribution in [2.45, 2.75) is 38.4 Å². The van der Waals surface area contributed by atoms with Crippen LogP contribution in [-0.4, -0.2) is 25.3 Å². The van der Waals surface area contributed by atoms with Gasteiger partial charge in [0, 0.05) is 23.9 Å². The lowest BCUT2D eigenvalue weighted by Gasteiger charge is -2.30. The number of nitrogens with two attached hydrogens (primary N) is 1. The summed E-state index contributed by atoms with van der Waals surface area (Å²) in [6, 6.07) is 4.36. The quantitative estimate of drug-likeness (QED) is 0.569. The summed E-state index contributed by atoms with van der Waals surface area (Å²) in [5.41, 5.74) is 6.61. The molecular formula is C18H21F3N2O3. The molecule has 1 aliphatic carbocycles. The van der Waals surface area contributed by atoms with Crippen molar-refractivity contribution >= 4 is 23.1 Å². The zero-order chi connectivity index (χ0) is 19.5. The molecule has 1 aromatic rings. The lowest BCUT2D eigenvalue weighted by atomic mass is 9.73. The average molecular weight is 370 g/mol. The SMILES string of the molecule is C=C1c2cc(NC(F)(F)F)ccc2CC1(CCC(N)=O)CCC(=O)OC. The van der Waals surface area contributed by atoms with E-state index < -0.39 is 23.6 Å². The highest BCUT2D eigenvalue weighted by atomic mass is 19.4. The number of alkyl halides is 3. The van der Waals surface area contributed by atoms with E-state index in [1.165, 1.54) is 24.6 Å². The largest absolute Gasteiger partial charge is 0.482 e. The number of nitrogens with one attached hydrogen (secondary N) is 1. The smallest absolute Gasteiger partial charge is 0.469 e. The van der Waals surface area contributed by atoms with Crippen LogP contribution in [0.25, 0.3) is 5.57 Å². The molecule has 1 amide bonds. The standard InChI is InChI=1S/C18H21F3N2O3/c1-11-14-9-13(23-18(19,20)21)4-3-12(14)10-17(11,7-5-15(22)24)8-6-16(25)26-2/h3-4,9,23H,1,5-8,10H2,2H3,(H2,22,24). The molecule has 0 fully saturated rings. The third-order valence-corrected chi connectivity index (χ3v) is 4.78. The van der Waals surface area contributed by atoms with Crippen LogP contribution in [0, 0.1) is 5.41 Å². The molecule has 0 spiro atoms. The lowest BCUT2D eigenvalue weighted by molar-refractivity contribution is -0.141. The summed E-state index contributed by atoms with van der Waals surface area (Å²) >= 11 is 0. The first-order chi connectivity index (χ1) is 12.1. The highest BCUT2D eigenvalue weighted by Crippen LogP contribution is 2.52. The number of amides is 1. The number of carbonyl (C=O) groups excluding carboxylic acids is 2. The molecular weight excluding hydrogens is 349 g/mol. The summed E-state index contributed by atoms with van der Waals surface area (Å²) in [4.78, 5) is 22.8. The fourth-order valence-electron chi connectivity index (χ4n) is 3.42. The molecule has 1 aliphatic rings. The zero-order valence-electron chi connectivity index (χ0n) is 14.4. The number of carbonyl (C=O) groups is 2. The van der Waals surface area contributed by atoms with Crippen molar-refractivity contribution in [2.75, 3.05) is 12.4 Å². The first-order valence-corrected chi connectivity index (χ1v) is 8.09. The van der Waals surface area contributed by atoms with Crippen LogP contribution in [0.5, 0.6) is 0 Å². The van der Waals surface area contributed by atoms with Crippen LogP contribution in [0.2, 0.25) is 0 Å². The number of allylic oxidation sites excluding steroid dienone is 1. The maximum absolute atomic E-state index is 12.6. The normalized spacial score (nSPS) is 19.2. The van der Waals surface area contributed by atoms with Gasteiger partial charge < -0.3 is 10.5 Å². The number of ether oxygens (including phenoxy) is 1. The van der Waals surface area contributed by atoms with E-state index in [-0.39, 0.29) is 18.5 Å². The number of benzene rings is 1. The Morgan fingerprint density at radius 2 is 1.96 bits per heavy atom. The maximum atomic E-state index is 12.6. The van der Waals surface area contributed by atoms with Gasteiger partial charge in [0.1, 0.15) is 0 Å². The van der Waals surface area contributed by atoms with Gasteiger partial charge in [0.15, 0.2) is 0 Å². The Labute approximate surface area is 149 Å². The molecule has 0 aromatic heterocycles. The van der Waals surface area contributed by atoms with Crippen molar-refractivity contribution in [3.8, 4) is 0 Å². The topological polar surface area (TPSA) is 81.4 Å². The zero-order valence-corrected chi connectivity index (χ0v) is 14.4. The number of anilines is 1. The Hall–Kier alpha value is -2.51. The highest BCUT2D eigenvalue weighted by molar-refractivity contribution is 5.80. The minimum absolute atomic E-state index is 0.0870. The van der Waals surface area contributed by atoms with Crippen molar-refractivity contribution < 1.29 is 27.5 Å². The number of hydrogen-bond donors (Lipinski definition) is 2. The summed E-state index contributed by atoms with van der Waals surface area (Å²) < 4.78 is 42.4. The van der Waals surface area contributed by atoms with Crippen LogP contribution in [0.1, 0.15) is 36.8 Å². The van der Waals surface area contributed by atoms with E-state index in [4.69, 9.17) is 5.73 Å². The lowest BCUT2D eigenvalue weighted by Crippen LogP contribution is -2.25. The summed E-state index contributed by atoms with van der Waals surface area (Å²) in [5.74, 6) is -0.878. The fraction of sp³-hybridized carbons (Fsp3) is 0.444. The van der Waals surface area contributed by atoms with Gasteiger partial charge in [-0.1, -0.05) is 12.6 Å². The molecule has 142 valence electrons. The molecule has 1 aromatic carbocycles. The van der Waals surface area contributed by atoms with E-state index in [2.05, 4.69) is 11.3 Å². The first kappa shape index (κ1) is 19.8. The molecule has 0 radical (unpaired) electrons. The van der Waals surface area contributed by atoms with Gasteiger partial charge in [0.25, 0.3) is 0 Å². The average Bonchev–Trinajstić information content (AvgIpc) is 2.82. The number of hydrogen-bond acceptors (Lipinski definition) is 4.